The SMILES string of the molecule is CN=C(NCCCC(=O)N1CCc2ccccc2C1)NC1CCCN(Cc2ccccc2)C1. The van der Waals surface area contributed by atoms with Gasteiger partial charge in [0.05, 0.1) is 0 Å². The molecule has 2 aromatic rings. The fourth-order valence-corrected chi connectivity index (χ4v) is 4.86. The lowest BCUT2D eigenvalue weighted by molar-refractivity contribution is -0.132. The van der Waals surface area contributed by atoms with E-state index in [0.29, 0.717) is 12.5 Å². The summed E-state index contributed by atoms with van der Waals surface area (Å²) >= 11 is 0. The highest BCUT2D eigenvalue weighted by Gasteiger charge is 2.22. The van der Waals surface area contributed by atoms with Gasteiger partial charge >= 0.3 is 0 Å². The lowest BCUT2D eigenvalue weighted by Crippen LogP contribution is -2.51. The van der Waals surface area contributed by atoms with E-state index in [9.17, 15) is 4.79 Å². The molecule has 2 aliphatic heterocycles. The summed E-state index contributed by atoms with van der Waals surface area (Å²) in [5, 5.41) is 6.99. The highest BCUT2D eigenvalue weighted by molar-refractivity contribution is 5.80. The first-order chi connectivity index (χ1) is 16.2. The van der Waals surface area contributed by atoms with Crippen LogP contribution in [0.2, 0.25) is 0 Å². The highest BCUT2D eigenvalue weighted by atomic mass is 16.2. The molecule has 0 spiro atoms. The van der Waals surface area contributed by atoms with Crippen LogP contribution < -0.4 is 10.6 Å². The Labute approximate surface area is 198 Å². The fourth-order valence-electron chi connectivity index (χ4n) is 4.86. The first-order valence-corrected chi connectivity index (χ1v) is 12.3. The van der Waals surface area contributed by atoms with Gasteiger partial charge in [-0.3, -0.25) is 14.7 Å². The van der Waals surface area contributed by atoms with Crippen molar-refractivity contribution in [2.24, 2.45) is 4.99 Å². The smallest absolute Gasteiger partial charge is 0.222 e. The third kappa shape index (κ3) is 6.81. The number of nitrogens with one attached hydrogen (secondary N) is 2. The Bertz CT molecular complexity index is 929. The summed E-state index contributed by atoms with van der Waals surface area (Å²) in [4.78, 5) is 21.6. The van der Waals surface area contributed by atoms with E-state index in [1.54, 1.807) is 0 Å². The van der Waals surface area contributed by atoms with Gasteiger partial charge in [0.15, 0.2) is 5.96 Å². The molecule has 0 bridgehead atoms. The molecule has 1 fully saturated rings. The van der Waals surface area contributed by atoms with Gasteiger partial charge in [-0.1, -0.05) is 54.6 Å². The Kier molecular flexibility index (Phi) is 8.36. The van der Waals surface area contributed by atoms with E-state index in [0.717, 1.165) is 64.5 Å². The normalized spacial score (nSPS) is 19.1. The van der Waals surface area contributed by atoms with Crippen molar-refractivity contribution in [3.8, 4) is 0 Å². The standard InChI is InChI=1S/C27H37N5O/c1-28-27(30-25-13-8-17-31(21-25)19-22-9-3-2-4-10-22)29-16-7-14-26(33)32-18-15-23-11-5-6-12-24(23)20-32/h2-6,9-12,25H,7-8,13-21H2,1H3,(H2,28,29,30). The molecule has 2 aromatic carbocycles. The number of amides is 1. The molecule has 6 nitrogen and oxygen atoms in total. The number of aliphatic imine (C=N–C) groups is 1. The average molecular weight is 448 g/mol. The van der Waals surface area contributed by atoms with E-state index in [2.05, 4.69) is 75.1 Å². The molecule has 6 heteroatoms. The zero-order valence-corrected chi connectivity index (χ0v) is 19.8. The van der Waals surface area contributed by atoms with Crippen molar-refractivity contribution in [2.75, 3.05) is 33.2 Å². The van der Waals surface area contributed by atoms with Crippen LogP contribution in [0.15, 0.2) is 59.6 Å². The number of likely N-dealkylation sites (tertiary alicyclic amines) is 1. The van der Waals surface area contributed by atoms with Crippen LogP contribution in [0.25, 0.3) is 0 Å². The number of carbonyl (C=O) groups excluding carboxylic acids is 1. The van der Waals surface area contributed by atoms with Crippen LogP contribution >= 0.6 is 0 Å². The minimum absolute atomic E-state index is 0.248. The lowest BCUT2D eigenvalue weighted by Gasteiger charge is -2.34. The van der Waals surface area contributed by atoms with Crippen LogP contribution in [0.1, 0.15) is 42.4 Å². The average Bonchev–Trinajstić information content (AvgIpc) is 2.86. The Morgan fingerprint density at radius 1 is 1.06 bits per heavy atom. The van der Waals surface area contributed by atoms with Crippen LogP contribution in [0.3, 0.4) is 0 Å². The van der Waals surface area contributed by atoms with Gasteiger partial charge in [-0.15, -0.1) is 0 Å². The van der Waals surface area contributed by atoms with Gasteiger partial charge in [0.25, 0.3) is 0 Å². The van der Waals surface area contributed by atoms with Crippen molar-refractivity contribution in [1.82, 2.24) is 20.4 Å². The molecule has 1 amide bonds. The predicted octanol–water partition coefficient (Wildman–Crippen LogP) is 3.18. The van der Waals surface area contributed by atoms with Crippen molar-refractivity contribution >= 4 is 11.9 Å². The molecule has 1 unspecified atom stereocenters. The highest BCUT2D eigenvalue weighted by Crippen LogP contribution is 2.19. The van der Waals surface area contributed by atoms with Crippen molar-refractivity contribution in [3.63, 3.8) is 0 Å². The van der Waals surface area contributed by atoms with Crippen molar-refractivity contribution < 1.29 is 4.79 Å². The van der Waals surface area contributed by atoms with Crippen molar-refractivity contribution in [1.29, 1.82) is 0 Å². The number of piperidine rings is 1. The molecule has 176 valence electrons. The number of guanidine groups is 1. The number of rotatable bonds is 7. The summed E-state index contributed by atoms with van der Waals surface area (Å²) in [6.07, 6.45) is 4.68. The number of benzene rings is 2. The van der Waals surface area contributed by atoms with Crippen LogP contribution in [0.5, 0.6) is 0 Å². The van der Waals surface area contributed by atoms with E-state index >= 15 is 0 Å². The molecule has 2 aliphatic rings. The second-order valence-corrected chi connectivity index (χ2v) is 9.14. The largest absolute Gasteiger partial charge is 0.356 e. The lowest BCUT2D eigenvalue weighted by atomic mass is 9.99. The number of carbonyl (C=O) groups is 1. The molecule has 2 N–H and O–H groups in total. The topological polar surface area (TPSA) is 60.0 Å². The summed E-state index contributed by atoms with van der Waals surface area (Å²) in [7, 11) is 1.82. The van der Waals surface area contributed by atoms with Gasteiger partial charge in [-0.25, -0.2) is 0 Å². The molecular weight excluding hydrogens is 410 g/mol. The second-order valence-electron chi connectivity index (χ2n) is 9.14. The quantitative estimate of drug-likeness (QED) is 0.389. The first-order valence-electron chi connectivity index (χ1n) is 12.3. The Morgan fingerprint density at radius 2 is 1.85 bits per heavy atom. The van der Waals surface area contributed by atoms with Gasteiger partial charge < -0.3 is 15.5 Å². The third-order valence-electron chi connectivity index (χ3n) is 6.66. The summed E-state index contributed by atoms with van der Waals surface area (Å²) in [6.45, 7) is 5.47. The van der Waals surface area contributed by atoms with E-state index in [1.165, 1.54) is 23.1 Å². The van der Waals surface area contributed by atoms with Crippen LogP contribution in [-0.4, -0.2) is 60.9 Å². The second kappa shape index (κ2) is 11.8. The van der Waals surface area contributed by atoms with E-state index in [-0.39, 0.29) is 5.91 Å². The number of hydrogen-bond donors (Lipinski definition) is 2. The van der Waals surface area contributed by atoms with Gasteiger partial charge in [0.2, 0.25) is 5.91 Å². The zero-order valence-electron chi connectivity index (χ0n) is 19.8. The van der Waals surface area contributed by atoms with E-state index in [4.69, 9.17) is 0 Å². The summed E-state index contributed by atoms with van der Waals surface area (Å²) in [5.41, 5.74) is 4.03. The summed E-state index contributed by atoms with van der Waals surface area (Å²) < 4.78 is 0. The minimum atomic E-state index is 0.248. The molecule has 0 aliphatic carbocycles. The predicted molar refractivity (Wildman–Crippen MR) is 134 cm³/mol. The Hall–Kier alpha value is -2.86. The number of hydrogen-bond acceptors (Lipinski definition) is 3. The molecule has 33 heavy (non-hydrogen) atoms. The van der Waals surface area contributed by atoms with Crippen LogP contribution in [0.4, 0.5) is 0 Å². The van der Waals surface area contributed by atoms with Gasteiger partial charge in [0, 0.05) is 52.2 Å². The van der Waals surface area contributed by atoms with Crippen LogP contribution in [0, 0.1) is 0 Å². The number of fused-ring (bicyclic) bond motifs is 1. The monoisotopic (exact) mass is 447 g/mol. The molecule has 1 saturated heterocycles. The molecular formula is C27H37N5O. The van der Waals surface area contributed by atoms with Gasteiger partial charge in [0.1, 0.15) is 0 Å². The summed E-state index contributed by atoms with van der Waals surface area (Å²) in [6, 6.07) is 19.5. The van der Waals surface area contributed by atoms with Crippen molar-refractivity contribution in [3.05, 3.63) is 71.3 Å². The minimum Gasteiger partial charge on any atom is -0.356 e. The molecule has 0 aromatic heterocycles. The molecule has 2 heterocycles. The van der Waals surface area contributed by atoms with Gasteiger partial charge in [-0.05, 0) is 48.9 Å². The maximum atomic E-state index is 12.7. The first kappa shape index (κ1) is 23.3. The van der Waals surface area contributed by atoms with E-state index in [1.807, 2.05) is 11.9 Å². The number of nitrogens with zero attached hydrogens (tertiary/aromatic N) is 3. The van der Waals surface area contributed by atoms with Crippen LogP contribution in [-0.2, 0) is 24.3 Å². The maximum absolute atomic E-state index is 12.7. The van der Waals surface area contributed by atoms with E-state index < -0.39 is 0 Å². The van der Waals surface area contributed by atoms with Gasteiger partial charge in [-0.2, -0.15) is 0 Å². The maximum Gasteiger partial charge on any atom is 0.222 e. The molecule has 4 rings (SSSR count). The molecule has 0 radical (unpaired) electrons. The molecule has 1 atom stereocenters. The third-order valence-corrected chi connectivity index (χ3v) is 6.66. The fraction of sp³-hybridized carbons (Fsp3) is 0.481. The molecule has 0 saturated carbocycles. The zero-order chi connectivity index (χ0) is 22.9. The Morgan fingerprint density at radius 3 is 2.67 bits per heavy atom. The van der Waals surface area contributed by atoms with Crippen molar-refractivity contribution in [2.45, 2.75) is 51.2 Å². The summed E-state index contributed by atoms with van der Waals surface area (Å²) in [5.74, 6) is 1.08. The Balaban J connectivity index is 1.16.